The summed E-state index contributed by atoms with van der Waals surface area (Å²) in [5.41, 5.74) is 2.73. The van der Waals surface area contributed by atoms with Crippen LogP contribution in [0.5, 0.6) is 5.75 Å². The molecule has 0 unspecified atom stereocenters. The number of carbonyl (C=O) groups is 1. The maximum Gasteiger partial charge on any atom is 0.254 e. The Hall–Kier alpha value is -2.93. The summed E-state index contributed by atoms with van der Waals surface area (Å²) in [6, 6.07) is 11.4. The van der Waals surface area contributed by atoms with Crippen molar-refractivity contribution in [1.82, 2.24) is 14.9 Å². The summed E-state index contributed by atoms with van der Waals surface area (Å²) in [6.07, 6.45) is 1.88. The van der Waals surface area contributed by atoms with Crippen molar-refractivity contribution < 1.29 is 9.53 Å². The van der Waals surface area contributed by atoms with Crippen LogP contribution in [0.2, 0.25) is 0 Å². The topological polar surface area (TPSA) is 58.6 Å². The predicted molar refractivity (Wildman–Crippen MR) is 111 cm³/mol. The van der Waals surface area contributed by atoms with Crippen LogP contribution in [0.25, 0.3) is 10.6 Å². The van der Waals surface area contributed by atoms with Gasteiger partial charge in [-0.2, -0.15) is 0 Å². The Kier molecular flexibility index (Phi) is 5.25. The van der Waals surface area contributed by atoms with Gasteiger partial charge in [0.2, 0.25) is 0 Å². The first-order valence-electron chi connectivity index (χ1n) is 9.21. The lowest BCUT2D eigenvalue weighted by Gasteiger charge is -2.35. The number of pyridine rings is 1. The van der Waals surface area contributed by atoms with Gasteiger partial charge < -0.3 is 14.5 Å². The fourth-order valence-corrected chi connectivity index (χ4v) is 4.05. The number of piperazine rings is 1. The Morgan fingerprint density at radius 1 is 1.14 bits per heavy atom. The number of aryl methyl sites for hydroxylation is 1. The number of ether oxygens (including phenoxy) is 1. The van der Waals surface area contributed by atoms with Crippen molar-refractivity contribution in [2.75, 3.05) is 38.2 Å². The van der Waals surface area contributed by atoms with E-state index in [9.17, 15) is 4.79 Å². The second-order valence-electron chi connectivity index (χ2n) is 6.71. The Morgan fingerprint density at radius 2 is 1.96 bits per heavy atom. The number of carbonyl (C=O) groups excluding carboxylic acids is 1. The second-order valence-corrected chi connectivity index (χ2v) is 7.57. The highest BCUT2D eigenvalue weighted by atomic mass is 32.1. The molecular weight excluding hydrogens is 372 g/mol. The number of hydrogen-bond donors (Lipinski definition) is 0. The SMILES string of the molecule is COc1cccc(C(=O)N2CCN(c3ccc(-c4nc(C)cs4)cn3)CC2)c1. The van der Waals surface area contributed by atoms with E-state index in [-0.39, 0.29) is 5.91 Å². The molecule has 0 radical (unpaired) electrons. The van der Waals surface area contributed by atoms with Gasteiger partial charge in [0.1, 0.15) is 16.6 Å². The minimum Gasteiger partial charge on any atom is -0.497 e. The Labute approximate surface area is 168 Å². The van der Waals surface area contributed by atoms with Crippen LogP contribution in [-0.4, -0.2) is 54.1 Å². The van der Waals surface area contributed by atoms with E-state index in [1.807, 2.05) is 47.7 Å². The quantitative estimate of drug-likeness (QED) is 0.678. The molecule has 4 rings (SSSR count). The molecule has 0 spiro atoms. The van der Waals surface area contributed by atoms with Crippen LogP contribution in [0.15, 0.2) is 48.0 Å². The van der Waals surface area contributed by atoms with E-state index in [1.54, 1.807) is 24.5 Å². The zero-order valence-corrected chi connectivity index (χ0v) is 16.8. The average Bonchev–Trinajstić information content (AvgIpc) is 3.20. The van der Waals surface area contributed by atoms with Gasteiger partial charge in [-0.3, -0.25) is 4.79 Å². The predicted octanol–water partition coefficient (Wildman–Crippen LogP) is 3.48. The summed E-state index contributed by atoms with van der Waals surface area (Å²) in [7, 11) is 1.61. The van der Waals surface area contributed by atoms with Gasteiger partial charge >= 0.3 is 0 Å². The number of rotatable bonds is 4. The minimum atomic E-state index is 0.0426. The lowest BCUT2D eigenvalue weighted by molar-refractivity contribution is 0.0746. The lowest BCUT2D eigenvalue weighted by Crippen LogP contribution is -2.49. The molecular formula is C21H22N4O2S. The molecule has 2 aromatic heterocycles. The number of nitrogens with zero attached hydrogens (tertiary/aromatic N) is 4. The molecule has 3 heterocycles. The maximum atomic E-state index is 12.7. The van der Waals surface area contributed by atoms with Crippen LogP contribution < -0.4 is 9.64 Å². The molecule has 3 aromatic rings. The number of anilines is 1. The largest absolute Gasteiger partial charge is 0.497 e. The zero-order valence-electron chi connectivity index (χ0n) is 16.0. The van der Waals surface area contributed by atoms with Crippen molar-refractivity contribution >= 4 is 23.1 Å². The van der Waals surface area contributed by atoms with E-state index in [4.69, 9.17) is 4.74 Å². The summed E-state index contributed by atoms with van der Waals surface area (Å²) >= 11 is 1.63. The highest BCUT2D eigenvalue weighted by molar-refractivity contribution is 7.13. The van der Waals surface area contributed by atoms with Gasteiger partial charge in [-0.1, -0.05) is 6.07 Å². The van der Waals surface area contributed by atoms with Crippen molar-refractivity contribution in [3.63, 3.8) is 0 Å². The molecule has 144 valence electrons. The first-order valence-corrected chi connectivity index (χ1v) is 10.1. The van der Waals surface area contributed by atoms with Crippen LogP contribution in [0, 0.1) is 6.92 Å². The van der Waals surface area contributed by atoms with Crippen molar-refractivity contribution in [2.24, 2.45) is 0 Å². The molecule has 0 atom stereocenters. The lowest BCUT2D eigenvalue weighted by atomic mass is 10.1. The third kappa shape index (κ3) is 3.84. The minimum absolute atomic E-state index is 0.0426. The van der Waals surface area contributed by atoms with E-state index in [2.05, 4.69) is 20.9 Å². The van der Waals surface area contributed by atoms with E-state index >= 15 is 0 Å². The van der Waals surface area contributed by atoms with Crippen LogP contribution in [0.1, 0.15) is 16.1 Å². The summed E-state index contributed by atoms with van der Waals surface area (Å²) in [5.74, 6) is 1.68. The Balaban J connectivity index is 1.39. The number of amides is 1. The molecule has 7 heteroatoms. The van der Waals surface area contributed by atoms with Gasteiger partial charge in [0.05, 0.1) is 7.11 Å². The van der Waals surface area contributed by atoms with Crippen molar-refractivity contribution in [3.8, 4) is 16.3 Å². The molecule has 1 aliphatic rings. The molecule has 1 saturated heterocycles. The maximum absolute atomic E-state index is 12.7. The molecule has 1 aliphatic heterocycles. The van der Waals surface area contributed by atoms with E-state index in [1.165, 1.54) is 0 Å². The van der Waals surface area contributed by atoms with E-state index < -0.39 is 0 Å². The van der Waals surface area contributed by atoms with Crippen LogP contribution >= 0.6 is 11.3 Å². The van der Waals surface area contributed by atoms with Gasteiger partial charge in [0.15, 0.2) is 0 Å². The van der Waals surface area contributed by atoms with Gasteiger partial charge in [0, 0.05) is 54.6 Å². The third-order valence-corrected chi connectivity index (χ3v) is 5.83. The number of benzene rings is 1. The number of methoxy groups -OCH3 is 1. The van der Waals surface area contributed by atoms with Gasteiger partial charge in [-0.15, -0.1) is 11.3 Å². The summed E-state index contributed by atoms with van der Waals surface area (Å²) in [5, 5.41) is 3.03. The molecule has 6 nitrogen and oxygen atoms in total. The summed E-state index contributed by atoms with van der Waals surface area (Å²) in [6.45, 7) is 4.86. The molecule has 1 amide bonds. The van der Waals surface area contributed by atoms with Gasteiger partial charge in [-0.25, -0.2) is 9.97 Å². The van der Waals surface area contributed by atoms with Gasteiger partial charge in [-0.05, 0) is 37.3 Å². The van der Waals surface area contributed by atoms with Crippen LogP contribution in [0.3, 0.4) is 0 Å². The molecule has 0 aliphatic carbocycles. The zero-order chi connectivity index (χ0) is 19.5. The fourth-order valence-electron chi connectivity index (χ4n) is 3.26. The van der Waals surface area contributed by atoms with Gasteiger partial charge in [0.25, 0.3) is 5.91 Å². The van der Waals surface area contributed by atoms with Crippen molar-refractivity contribution in [2.45, 2.75) is 6.92 Å². The van der Waals surface area contributed by atoms with E-state index in [0.29, 0.717) is 24.4 Å². The molecule has 1 fully saturated rings. The Bertz CT molecular complexity index is 963. The molecule has 0 saturated carbocycles. The second kappa shape index (κ2) is 7.98. The highest BCUT2D eigenvalue weighted by Gasteiger charge is 2.23. The molecule has 0 N–H and O–H groups in total. The number of aromatic nitrogens is 2. The first-order chi connectivity index (χ1) is 13.6. The molecule has 28 heavy (non-hydrogen) atoms. The average molecular weight is 395 g/mol. The van der Waals surface area contributed by atoms with Crippen molar-refractivity contribution in [1.29, 1.82) is 0 Å². The number of hydrogen-bond acceptors (Lipinski definition) is 6. The molecule has 1 aromatic carbocycles. The monoisotopic (exact) mass is 394 g/mol. The molecule has 0 bridgehead atoms. The highest BCUT2D eigenvalue weighted by Crippen LogP contribution is 2.25. The standard InChI is InChI=1S/C21H22N4O2S/c1-15-14-28-20(23-15)17-6-7-19(22-13-17)24-8-10-25(11-9-24)21(26)16-4-3-5-18(12-16)27-2/h3-7,12-14H,8-11H2,1-2H3. The fraction of sp³-hybridized carbons (Fsp3) is 0.286. The third-order valence-electron chi connectivity index (χ3n) is 4.82. The van der Waals surface area contributed by atoms with E-state index in [0.717, 1.165) is 35.2 Å². The normalized spacial score (nSPS) is 14.2. The van der Waals surface area contributed by atoms with Crippen LogP contribution in [-0.2, 0) is 0 Å². The summed E-state index contributed by atoms with van der Waals surface area (Å²) in [4.78, 5) is 26.0. The first kappa shape index (κ1) is 18.4. The Morgan fingerprint density at radius 3 is 2.61 bits per heavy atom. The van der Waals surface area contributed by atoms with Crippen molar-refractivity contribution in [3.05, 3.63) is 59.2 Å². The smallest absolute Gasteiger partial charge is 0.254 e. The summed E-state index contributed by atoms with van der Waals surface area (Å²) < 4.78 is 5.22. The van der Waals surface area contributed by atoms with Crippen LogP contribution in [0.4, 0.5) is 5.82 Å². The number of thiazole rings is 1.